The molecule has 2 aromatic heterocycles. The Morgan fingerprint density at radius 2 is 2.20 bits per heavy atom. The number of hydrogen-bond donors (Lipinski definition) is 2. The van der Waals surface area contributed by atoms with Gasteiger partial charge in [-0.1, -0.05) is 12.1 Å². The van der Waals surface area contributed by atoms with E-state index in [9.17, 15) is 0 Å². The molecular weight excluding hydrogens is 252 g/mol. The number of aryl methyl sites for hydroxylation is 1. The normalized spacial score (nSPS) is 17.3. The maximum absolute atomic E-state index is 6.27. The number of nitrogens with one attached hydrogen (secondary N) is 1. The molecule has 0 radical (unpaired) electrons. The lowest BCUT2D eigenvalue weighted by Crippen LogP contribution is -2.44. The van der Waals surface area contributed by atoms with E-state index < -0.39 is 0 Å². The van der Waals surface area contributed by atoms with Gasteiger partial charge in [0.2, 0.25) is 5.89 Å². The molecule has 1 fully saturated rings. The van der Waals surface area contributed by atoms with Gasteiger partial charge < -0.3 is 15.1 Å². The Labute approximate surface area is 116 Å². The first-order valence-corrected chi connectivity index (χ1v) is 6.87. The van der Waals surface area contributed by atoms with Gasteiger partial charge in [0.25, 0.3) is 0 Å². The van der Waals surface area contributed by atoms with Gasteiger partial charge in [0.05, 0.1) is 11.7 Å². The summed E-state index contributed by atoms with van der Waals surface area (Å²) in [6.07, 6.45) is 4.87. The summed E-state index contributed by atoms with van der Waals surface area (Å²) < 4.78 is 5.84. The highest BCUT2D eigenvalue weighted by atomic mass is 16.3. The van der Waals surface area contributed by atoms with Crippen LogP contribution < -0.4 is 5.73 Å². The minimum atomic E-state index is -0.291. The van der Waals surface area contributed by atoms with E-state index in [1.807, 2.05) is 25.1 Å². The third kappa shape index (κ3) is 1.59. The van der Waals surface area contributed by atoms with Crippen molar-refractivity contribution < 1.29 is 4.42 Å². The van der Waals surface area contributed by atoms with E-state index in [4.69, 9.17) is 10.2 Å². The number of para-hydroxylation sites is 1. The Hall–Kier alpha value is -2.14. The molecule has 0 bridgehead atoms. The third-order valence-electron chi connectivity index (χ3n) is 4.14. The zero-order valence-electron chi connectivity index (χ0n) is 11.3. The van der Waals surface area contributed by atoms with Crippen LogP contribution in [-0.4, -0.2) is 15.0 Å². The van der Waals surface area contributed by atoms with E-state index in [1.165, 1.54) is 0 Å². The summed E-state index contributed by atoms with van der Waals surface area (Å²) in [7, 11) is 0. The van der Waals surface area contributed by atoms with E-state index >= 15 is 0 Å². The predicted octanol–water partition coefficient (Wildman–Crippen LogP) is 2.86. The highest BCUT2D eigenvalue weighted by molar-refractivity contribution is 5.78. The second-order valence-electron chi connectivity index (χ2n) is 5.60. The standard InChI is InChI=1S/C15H16N4O/c1-9-4-2-5-10-12(9)20-13(18-10)11-8-17-14(19-11)15(16)6-3-7-15/h2,4-5,8H,3,6-7,16H2,1H3,(H,17,19). The van der Waals surface area contributed by atoms with Crippen molar-refractivity contribution in [2.24, 2.45) is 5.73 Å². The molecule has 1 saturated carbocycles. The van der Waals surface area contributed by atoms with Crippen LogP contribution in [0.2, 0.25) is 0 Å². The molecule has 2 heterocycles. The molecule has 0 saturated heterocycles. The molecule has 4 rings (SSSR count). The van der Waals surface area contributed by atoms with Gasteiger partial charge in [-0.3, -0.25) is 0 Å². The highest BCUT2D eigenvalue weighted by Gasteiger charge is 2.37. The first-order valence-electron chi connectivity index (χ1n) is 6.87. The fourth-order valence-corrected chi connectivity index (χ4v) is 2.68. The fourth-order valence-electron chi connectivity index (χ4n) is 2.68. The van der Waals surface area contributed by atoms with Crippen molar-refractivity contribution in [2.45, 2.75) is 31.7 Å². The lowest BCUT2D eigenvalue weighted by molar-refractivity contribution is 0.240. The van der Waals surface area contributed by atoms with Crippen LogP contribution in [0.5, 0.6) is 0 Å². The lowest BCUT2D eigenvalue weighted by Gasteiger charge is -2.35. The minimum Gasteiger partial charge on any atom is -0.434 e. The van der Waals surface area contributed by atoms with Crippen molar-refractivity contribution in [3.8, 4) is 11.6 Å². The number of H-pyrrole nitrogens is 1. The van der Waals surface area contributed by atoms with E-state index in [1.54, 1.807) is 6.20 Å². The summed E-state index contributed by atoms with van der Waals surface area (Å²) in [4.78, 5) is 12.2. The Bertz CT molecular complexity index is 782. The van der Waals surface area contributed by atoms with Gasteiger partial charge in [-0.2, -0.15) is 0 Å². The number of nitrogens with two attached hydrogens (primary N) is 1. The summed E-state index contributed by atoms with van der Waals surface area (Å²) in [5, 5.41) is 0. The number of benzene rings is 1. The van der Waals surface area contributed by atoms with Gasteiger partial charge >= 0.3 is 0 Å². The quantitative estimate of drug-likeness (QED) is 0.748. The number of imidazole rings is 1. The minimum absolute atomic E-state index is 0.291. The zero-order chi connectivity index (χ0) is 13.7. The monoisotopic (exact) mass is 268 g/mol. The number of aromatic nitrogens is 3. The van der Waals surface area contributed by atoms with Gasteiger partial charge in [-0.15, -0.1) is 0 Å². The van der Waals surface area contributed by atoms with Crippen LogP contribution in [0.4, 0.5) is 0 Å². The highest BCUT2D eigenvalue weighted by Crippen LogP contribution is 2.37. The van der Waals surface area contributed by atoms with Crippen LogP contribution in [0.3, 0.4) is 0 Å². The smallest absolute Gasteiger partial charge is 0.245 e. The molecule has 5 nitrogen and oxygen atoms in total. The summed E-state index contributed by atoms with van der Waals surface area (Å²) in [5.74, 6) is 1.40. The van der Waals surface area contributed by atoms with Gasteiger partial charge in [-0.25, -0.2) is 9.97 Å². The van der Waals surface area contributed by atoms with Crippen LogP contribution in [0.15, 0.2) is 28.8 Å². The van der Waals surface area contributed by atoms with Gasteiger partial charge in [0, 0.05) is 0 Å². The van der Waals surface area contributed by atoms with E-state index in [0.29, 0.717) is 5.89 Å². The molecule has 0 atom stereocenters. The molecule has 0 unspecified atom stereocenters. The number of oxazole rings is 1. The molecule has 20 heavy (non-hydrogen) atoms. The average Bonchev–Trinajstić information content (AvgIpc) is 3.02. The summed E-state index contributed by atoms with van der Waals surface area (Å²) in [6, 6.07) is 5.94. The number of rotatable bonds is 2. The average molecular weight is 268 g/mol. The Kier molecular flexibility index (Phi) is 2.29. The van der Waals surface area contributed by atoms with Crippen molar-refractivity contribution in [1.29, 1.82) is 0 Å². The van der Waals surface area contributed by atoms with Crippen molar-refractivity contribution in [2.75, 3.05) is 0 Å². The number of nitrogens with zero attached hydrogens (tertiary/aromatic N) is 2. The molecule has 1 aliphatic carbocycles. The molecule has 1 aliphatic rings. The summed E-state index contributed by atoms with van der Waals surface area (Å²) >= 11 is 0. The SMILES string of the molecule is Cc1cccc2nc(-c3cnc(C4(N)CCC4)[nH]3)oc12. The zero-order valence-corrected chi connectivity index (χ0v) is 11.3. The van der Waals surface area contributed by atoms with E-state index in [0.717, 1.165) is 47.4 Å². The van der Waals surface area contributed by atoms with Crippen molar-refractivity contribution in [1.82, 2.24) is 15.0 Å². The van der Waals surface area contributed by atoms with Crippen molar-refractivity contribution >= 4 is 11.1 Å². The van der Waals surface area contributed by atoms with Gasteiger partial charge in [0.15, 0.2) is 5.58 Å². The largest absolute Gasteiger partial charge is 0.434 e. The molecular formula is C15H16N4O. The Morgan fingerprint density at radius 1 is 1.35 bits per heavy atom. The van der Waals surface area contributed by atoms with E-state index in [-0.39, 0.29) is 5.54 Å². The first kappa shape index (κ1) is 11.7. The molecule has 0 amide bonds. The topological polar surface area (TPSA) is 80.7 Å². The van der Waals surface area contributed by atoms with Crippen molar-refractivity contribution in [3.05, 3.63) is 35.8 Å². The third-order valence-corrected chi connectivity index (χ3v) is 4.14. The summed E-state index contributed by atoms with van der Waals surface area (Å²) in [5.41, 5.74) is 9.53. The molecule has 1 aromatic carbocycles. The molecule has 3 aromatic rings. The maximum Gasteiger partial charge on any atom is 0.245 e. The van der Waals surface area contributed by atoms with Crippen LogP contribution >= 0.6 is 0 Å². The molecule has 102 valence electrons. The number of fused-ring (bicyclic) bond motifs is 1. The number of aromatic amines is 1. The second kappa shape index (κ2) is 3.93. The molecule has 0 spiro atoms. The number of hydrogen-bond acceptors (Lipinski definition) is 4. The Morgan fingerprint density at radius 3 is 2.90 bits per heavy atom. The molecule has 3 N–H and O–H groups in total. The predicted molar refractivity (Wildman–Crippen MR) is 76.0 cm³/mol. The summed E-state index contributed by atoms with van der Waals surface area (Å²) in [6.45, 7) is 2.01. The first-order chi connectivity index (χ1) is 9.66. The van der Waals surface area contributed by atoms with Gasteiger partial charge in [0.1, 0.15) is 17.0 Å². The van der Waals surface area contributed by atoms with Crippen LogP contribution in [0, 0.1) is 6.92 Å². The van der Waals surface area contributed by atoms with Crippen LogP contribution in [-0.2, 0) is 5.54 Å². The van der Waals surface area contributed by atoms with Crippen LogP contribution in [0.25, 0.3) is 22.7 Å². The Balaban J connectivity index is 1.77. The van der Waals surface area contributed by atoms with Crippen LogP contribution in [0.1, 0.15) is 30.7 Å². The lowest BCUT2D eigenvalue weighted by atomic mass is 9.77. The molecule has 0 aliphatic heterocycles. The van der Waals surface area contributed by atoms with Crippen molar-refractivity contribution in [3.63, 3.8) is 0 Å². The molecule has 5 heteroatoms. The second-order valence-corrected chi connectivity index (χ2v) is 5.60. The van der Waals surface area contributed by atoms with E-state index in [2.05, 4.69) is 15.0 Å². The van der Waals surface area contributed by atoms with Gasteiger partial charge in [-0.05, 0) is 37.8 Å². The fraction of sp³-hybridized carbons (Fsp3) is 0.333. The maximum atomic E-state index is 6.27.